The molecule has 2 amide bonds. The number of primary amides is 1. The number of hydrogen-bond donors (Lipinski definition) is 2. The van der Waals surface area contributed by atoms with Crippen molar-refractivity contribution >= 4 is 40.2 Å². The number of aromatic nitrogens is 2. The van der Waals surface area contributed by atoms with Crippen molar-refractivity contribution in [1.82, 2.24) is 9.55 Å². The highest BCUT2D eigenvalue weighted by atomic mass is 32.2. The first-order valence-corrected chi connectivity index (χ1v) is 9.62. The Morgan fingerprint density at radius 3 is 2.57 bits per heavy atom. The average Bonchev–Trinajstić information content (AvgIpc) is 2.69. The maximum Gasteiger partial charge on any atom is 0.261 e. The van der Waals surface area contributed by atoms with Crippen molar-refractivity contribution in [2.45, 2.75) is 23.8 Å². The monoisotopic (exact) mass is 396 g/mol. The summed E-state index contributed by atoms with van der Waals surface area (Å²) in [4.78, 5) is 41.4. The molecule has 1 unspecified atom stereocenters. The first-order chi connectivity index (χ1) is 13.4. The van der Waals surface area contributed by atoms with Gasteiger partial charge in [0.25, 0.3) is 11.5 Å². The van der Waals surface area contributed by atoms with Crippen molar-refractivity contribution in [2.24, 2.45) is 12.8 Å². The molecule has 144 valence electrons. The highest BCUT2D eigenvalue weighted by Gasteiger charge is 2.22. The Kier molecular flexibility index (Phi) is 5.79. The Hall–Kier alpha value is -3.13. The number of carbonyl (C=O) groups is 2. The number of amides is 2. The molecule has 1 aromatic heterocycles. The van der Waals surface area contributed by atoms with E-state index in [0.717, 1.165) is 0 Å². The van der Waals surface area contributed by atoms with Gasteiger partial charge in [0.2, 0.25) is 5.91 Å². The molecule has 7 nitrogen and oxygen atoms in total. The third kappa shape index (κ3) is 3.91. The molecule has 1 heterocycles. The molecule has 28 heavy (non-hydrogen) atoms. The van der Waals surface area contributed by atoms with Crippen LogP contribution in [0.1, 0.15) is 23.7 Å². The van der Waals surface area contributed by atoms with Crippen molar-refractivity contribution < 1.29 is 9.59 Å². The zero-order valence-corrected chi connectivity index (χ0v) is 16.3. The lowest BCUT2D eigenvalue weighted by molar-refractivity contribution is -0.115. The molecule has 0 aliphatic rings. The van der Waals surface area contributed by atoms with E-state index in [1.807, 2.05) is 13.0 Å². The van der Waals surface area contributed by atoms with E-state index in [0.29, 0.717) is 28.2 Å². The third-order valence-corrected chi connectivity index (χ3v) is 5.71. The molecule has 0 aliphatic carbocycles. The summed E-state index contributed by atoms with van der Waals surface area (Å²) in [5, 5.41) is 3.24. The quantitative estimate of drug-likeness (QED) is 0.492. The summed E-state index contributed by atoms with van der Waals surface area (Å²) in [5.74, 6) is -0.904. The van der Waals surface area contributed by atoms with Gasteiger partial charge in [-0.2, -0.15) is 0 Å². The number of para-hydroxylation sites is 2. The normalized spacial score (nSPS) is 11.9. The fourth-order valence-electron chi connectivity index (χ4n) is 2.77. The minimum Gasteiger partial charge on any atom is -0.366 e. The number of fused-ring (bicyclic) bond motifs is 1. The topological polar surface area (TPSA) is 107 Å². The fraction of sp³-hybridized carbons (Fsp3) is 0.200. The molecular formula is C20H20N4O3S. The van der Waals surface area contributed by atoms with Crippen LogP contribution in [-0.4, -0.2) is 26.6 Å². The van der Waals surface area contributed by atoms with Crippen molar-refractivity contribution in [3.05, 3.63) is 64.4 Å². The minimum atomic E-state index is -0.616. The zero-order chi connectivity index (χ0) is 20.3. The summed E-state index contributed by atoms with van der Waals surface area (Å²) in [6.45, 7) is 1.87. The molecule has 3 aromatic rings. The summed E-state index contributed by atoms with van der Waals surface area (Å²) < 4.78 is 1.44. The molecule has 2 aromatic carbocycles. The number of benzene rings is 2. The molecule has 8 heteroatoms. The molecular weight excluding hydrogens is 376 g/mol. The number of thioether (sulfide) groups is 1. The largest absolute Gasteiger partial charge is 0.366 e. The van der Waals surface area contributed by atoms with Gasteiger partial charge in [0.15, 0.2) is 5.16 Å². The first kappa shape index (κ1) is 19.6. The lowest BCUT2D eigenvalue weighted by atomic mass is 10.1. The highest BCUT2D eigenvalue weighted by molar-refractivity contribution is 8.00. The summed E-state index contributed by atoms with van der Waals surface area (Å²) >= 11 is 1.21. The molecule has 0 spiro atoms. The van der Waals surface area contributed by atoms with Crippen LogP contribution in [0.15, 0.2) is 58.5 Å². The molecule has 0 aliphatic heterocycles. The van der Waals surface area contributed by atoms with E-state index in [4.69, 9.17) is 5.73 Å². The Balaban J connectivity index is 1.88. The predicted molar refractivity (Wildman–Crippen MR) is 111 cm³/mol. The van der Waals surface area contributed by atoms with Gasteiger partial charge in [-0.25, -0.2) is 4.98 Å². The van der Waals surface area contributed by atoms with E-state index in [9.17, 15) is 14.4 Å². The van der Waals surface area contributed by atoms with Gasteiger partial charge >= 0.3 is 0 Å². The SMILES string of the molecule is CCC(Sc1nc2ccccc2c(=O)n1C)C(=O)Nc1ccccc1C(N)=O. The van der Waals surface area contributed by atoms with Gasteiger partial charge < -0.3 is 11.1 Å². The molecule has 3 rings (SSSR count). The lowest BCUT2D eigenvalue weighted by Crippen LogP contribution is -2.28. The Morgan fingerprint density at radius 1 is 1.18 bits per heavy atom. The molecule has 0 fully saturated rings. The van der Waals surface area contributed by atoms with E-state index in [1.165, 1.54) is 16.3 Å². The van der Waals surface area contributed by atoms with Gasteiger partial charge in [-0.1, -0.05) is 43.0 Å². The van der Waals surface area contributed by atoms with E-state index in [-0.39, 0.29) is 17.0 Å². The van der Waals surface area contributed by atoms with Crippen LogP contribution in [0.4, 0.5) is 5.69 Å². The molecule has 0 saturated carbocycles. The second-order valence-corrected chi connectivity index (χ2v) is 7.36. The third-order valence-electron chi connectivity index (χ3n) is 4.30. The first-order valence-electron chi connectivity index (χ1n) is 8.74. The predicted octanol–water partition coefficient (Wildman–Crippen LogP) is 2.54. The van der Waals surface area contributed by atoms with E-state index in [2.05, 4.69) is 10.3 Å². The summed E-state index contributed by atoms with van der Waals surface area (Å²) in [6, 6.07) is 13.7. The Morgan fingerprint density at radius 2 is 1.86 bits per heavy atom. The van der Waals surface area contributed by atoms with Crippen molar-refractivity contribution in [2.75, 3.05) is 5.32 Å². The average molecular weight is 396 g/mol. The van der Waals surface area contributed by atoms with E-state index < -0.39 is 11.2 Å². The van der Waals surface area contributed by atoms with Crippen molar-refractivity contribution in [3.8, 4) is 0 Å². The van der Waals surface area contributed by atoms with Crippen LogP contribution in [0.2, 0.25) is 0 Å². The summed E-state index contributed by atoms with van der Waals surface area (Å²) in [6.07, 6.45) is 0.512. The van der Waals surface area contributed by atoms with Crippen LogP contribution in [0.3, 0.4) is 0 Å². The second kappa shape index (κ2) is 8.26. The van der Waals surface area contributed by atoms with E-state index >= 15 is 0 Å². The molecule has 0 bridgehead atoms. The number of nitrogens with two attached hydrogens (primary N) is 1. The van der Waals surface area contributed by atoms with Gasteiger partial charge in [-0.15, -0.1) is 0 Å². The zero-order valence-electron chi connectivity index (χ0n) is 15.5. The Labute approximate surface area is 166 Å². The van der Waals surface area contributed by atoms with Crippen LogP contribution in [0, 0.1) is 0 Å². The number of nitrogens with one attached hydrogen (secondary N) is 1. The molecule has 3 N–H and O–H groups in total. The van der Waals surface area contributed by atoms with Crippen LogP contribution < -0.4 is 16.6 Å². The highest BCUT2D eigenvalue weighted by Crippen LogP contribution is 2.26. The molecule has 0 radical (unpaired) electrons. The second-order valence-electron chi connectivity index (χ2n) is 6.19. The van der Waals surface area contributed by atoms with Gasteiger partial charge in [0.05, 0.1) is 27.4 Å². The number of rotatable bonds is 6. The van der Waals surface area contributed by atoms with Crippen molar-refractivity contribution in [3.63, 3.8) is 0 Å². The molecule has 0 saturated heterocycles. The Bertz CT molecular complexity index is 1110. The number of nitrogens with zero attached hydrogens (tertiary/aromatic N) is 2. The summed E-state index contributed by atoms with van der Waals surface area (Å²) in [5.41, 5.74) is 6.39. The smallest absolute Gasteiger partial charge is 0.261 e. The maximum absolute atomic E-state index is 12.8. The molecule has 1 atom stereocenters. The number of anilines is 1. The summed E-state index contributed by atoms with van der Waals surface area (Å²) in [7, 11) is 1.64. The standard InChI is InChI=1S/C20H20N4O3S/c1-3-16(18(26)22-14-10-6-4-8-12(14)17(21)25)28-20-23-15-11-7-5-9-13(15)19(27)24(20)2/h4-11,16H,3H2,1-2H3,(H2,21,25)(H,22,26). The van der Waals surface area contributed by atoms with Crippen molar-refractivity contribution in [1.29, 1.82) is 0 Å². The van der Waals surface area contributed by atoms with Crippen LogP contribution in [0.25, 0.3) is 10.9 Å². The maximum atomic E-state index is 12.8. The van der Waals surface area contributed by atoms with Gasteiger partial charge in [-0.05, 0) is 30.7 Å². The number of hydrogen-bond acceptors (Lipinski definition) is 5. The minimum absolute atomic E-state index is 0.164. The fourth-order valence-corrected chi connectivity index (χ4v) is 3.75. The van der Waals surface area contributed by atoms with Crippen LogP contribution in [-0.2, 0) is 11.8 Å². The van der Waals surface area contributed by atoms with Gasteiger partial charge in [-0.3, -0.25) is 19.0 Å². The van der Waals surface area contributed by atoms with Crippen LogP contribution >= 0.6 is 11.8 Å². The lowest BCUT2D eigenvalue weighted by Gasteiger charge is -2.17. The van der Waals surface area contributed by atoms with Crippen LogP contribution in [0.5, 0.6) is 0 Å². The van der Waals surface area contributed by atoms with Gasteiger partial charge in [0, 0.05) is 7.05 Å². The number of carbonyl (C=O) groups excluding carboxylic acids is 2. The van der Waals surface area contributed by atoms with E-state index in [1.54, 1.807) is 49.5 Å². The van der Waals surface area contributed by atoms with Gasteiger partial charge in [0.1, 0.15) is 0 Å².